The minimum Gasteiger partial charge on any atom is -0.492 e. The molecular formula is C9H11ClFNO. The van der Waals surface area contributed by atoms with Gasteiger partial charge in [-0.25, -0.2) is 4.39 Å². The summed E-state index contributed by atoms with van der Waals surface area (Å²) in [6.07, 6.45) is 0. The Balaban J connectivity index is 3.11. The van der Waals surface area contributed by atoms with Gasteiger partial charge in [0.15, 0.2) is 11.6 Å². The van der Waals surface area contributed by atoms with Gasteiger partial charge in [-0.1, -0.05) is 17.7 Å². The Hall–Kier alpha value is -0.800. The lowest BCUT2D eigenvalue weighted by Gasteiger charge is -2.08. The largest absolute Gasteiger partial charge is 0.492 e. The second-order valence-corrected chi connectivity index (χ2v) is 2.99. The summed E-state index contributed by atoms with van der Waals surface area (Å²) >= 11 is 5.72. The first-order chi connectivity index (χ1) is 6.20. The number of halogens is 2. The Morgan fingerprint density at radius 2 is 2.23 bits per heavy atom. The summed E-state index contributed by atoms with van der Waals surface area (Å²) in [5.74, 6) is -0.293. The quantitative estimate of drug-likeness (QED) is 0.814. The van der Waals surface area contributed by atoms with Gasteiger partial charge in [0, 0.05) is 12.1 Å². The predicted molar refractivity (Wildman–Crippen MR) is 50.7 cm³/mol. The molecule has 0 atom stereocenters. The lowest BCUT2D eigenvalue weighted by atomic mass is 10.2. The van der Waals surface area contributed by atoms with Gasteiger partial charge in [-0.3, -0.25) is 0 Å². The molecule has 0 saturated carbocycles. The van der Waals surface area contributed by atoms with Crippen LogP contribution in [-0.4, -0.2) is 14.2 Å². The Bertz CT molecular complexity index is 304. The standard InChI is InChI=1S/C9H11ClFNO/c1-12-5-6-3-4-7(10)9(13-2)8(6)11/h3-4,12H,5H2,1-2H3. The van der Waals surface area contributed by atoms with Crippen molar-refractivity contribution in [1.82, 2.24) is 5.32 Å². The SMILES string of the molecule is CNCc1ccc(Cl)c(OC)c1F. The normalized spacial score (nSPS) is 10.2. The zero-order valence-electron chi connectivity index (χ0n) is 7.53. The van der Waals surface area contributed by atoms with E-state index in [1.807, 2.05) is 0 Å². The minimum absolute atomic E-state index is 0.106. The summed E-state index contributed by atoms with van der Waals surface area (Å²) in [7, 11) is 3.15. The summed E-state index contributed by atoms with van der Waals surface area (Å²) in [6.45, 7) is 0.458. The molecule has 0 aliphatic rings. The molecule has 1 aromatic rings. The maximum Gasteiger partial charge on any atom is 0.173 e. The van der Waals surface area contributed by atoms with E-state index in [-0.39, 0.29) is 5.75 Å². The van der Waals surface area contributed by atoms with Crippen molar-refractivity contribution in [3.63, 3.8) is 0 Å². The zero-order valence-corrected chi connectivity index (χ0v) is 8.28. The number of nitrogens with one attached hydrogen (secondary N) is 1. The van der Waals surface area contributed by atoms with Gasteiger partial charge >= 0.3 is 0 Å². The van der Waals surface area contributed by atoms with Crippen molar-refractivity contribution in [2.24, 2.45) is 0 Å². The molecule has 2 nitrogen and oxygen atoms in total. The highest BCUT2D eigenvalue weighted by molar-refractivity contribution is 6.32. The molecule has 1 N–H and O–H groups in total. The summed E-state index contributed by atoms with van der Waals surface area (Å²) < 4.78 is 18.3. The predicted octanol–water partition coefficient (Wildman–Crippen LogP) is 2.21. The average Bonchev–Trinajstić information content (AvgIpc) is 2.11. The van der Waals surface area contributed by atoms with Crippen molar-refractivity contribution >= 4 is 11.6 Å². The molecule has 0 heterocycles. The van der Waals surface area contributed by atoms with Gasteiger partial charge in [0.25, 0.3) is 0 Å². The Labute approximate surface area is 81.7 Å². The van der Waals surface area contributed by atoms with Crippen LogP contribution in [0.5, 0.6) is 5.75 Å². The van der Waals surface area contributed by atoms with E-state index in [0.29, 0.717) is 17.1 Å². The smallest absolute Gasteiger partial charge is 0.173 e. The van der Waals surface area contributed by atoms with E-state index in [4.69, 9.17) is 16.3 Å². The van der Waals surface area contributed by atoms with Gasteiger partial charge in [-0.05, 0) is 13.1 Å². The Morgan fingerprint density at radius 3 is 2.77 bits per heavy atom. The molecule has 0 radical (unpaired) electrons. The summed E-state index contributed by atoms with van der Waals surface area (Å²) in [6, 6.07) is 3.26. The van der Waals surface area contributed by atoms with Crippen molar-refractivity contribution in [3.8, 4) is 5.75 Å². The van der Waals surface area contributed by atoms with Crippen molar-refractivity contribution in [2.45, 2.75) is 6.54 Å². The van der Waals surface area contributed by atoms with Crippen LogP contribution >= 0.6 is 11.6 Å². The lowest BCUT2D eigenvalue weighted by molar-refractivity contribution is 0.384. The van der Waals surface area contributed by atoms with E-state index in [9.17, 15) is 4.39 Å². The second kappa shape index (κ2) is 4.44. The second-order valence-electron chi connectivity index (χ2n) is 2.58. The zero-order chi connectivity index (χ0) is 9.84. The first kappa shape index (κ1) is 10.3. The monoisotopic (exact) mass is 203 g/mol. The highest BCUT2D eigenvalue weighted by Crippen LogP contribution is 2.29. The molecule has 0 aliphatic heterocycles. The maximum atomic E-state index is 13.5. The van der Waals surface area contributed by atoms with Gasteiger partial charge in [-0.2, -0.15) is 0 Å². The van der Waals surface area contributed by atoms with Crippen molar-refractivity contribution < 1.29 is 9.13 Å². The van der Waals surface area contributed by atoms with Gasteiger partial charge in [0.1, 0.15) is 0 Å². The third-order valence-corrected chi connectivity index (χ3v) is 2.00. The fourth-order valence-electron chi connectivity index (χ4n) is 1.09. The third kappa shape index (κ3) is 2.11. The molecule has 0 aliphatic carbocycles. The highest BCUT2D eigenvalue weighted by atomic mass is 35.5. The molecule has 0 amide bonds. The van der Waals surface area contributed by atoms with Gasteiger partial charge in [0.2, 0.25) is 0 Å². The molecule has 0 spiro atoms. The van der Waals surface area contributed by atoms with Crippen molar-refractivity contribution in [2.75, 3.05) is 14.2 Å². The van der Waals surface area contributed by atoms with E-state index in [1.165, 1.54) is 7.11 Å². The Morgan fingerprint density at radius 1 is 1.54 bits per heavy atom. The Kier molecular flexibility index (Phi) is 3.51. The molecule has 0 unspecified atom stereocenters. The molecule has 72 valence electrons. The highest BCUT2D eigenvalue weighted by Gasteiger charge is 2.11. The molecule has 4 heteroatoms. The van der Waals surface area contributed by atoms with Crippen LogP contribution in [-0.2, 0) is 6.54 Å². The number of methoxy groups -OCH3 is 1. The van der Waals surface area contributed by atoms with Crippen LogP contribution in [0.25, 0.3) is 0 Å². The molecule has 0 bridgehead atoms. The van der Waals surface area contributed by atoms with Gasteiger partial charge in [0.05, 0.1) is 12.1 Å². The van der Waals surface area contributed by atoms with Crippen molar-refractivity contribution in [3.05, 3.63) is 28.5 Å². The summed E-state index contributed by atoms with van der Waals surface area (Å²) in [4.78, 5) is 0. The fourth-order valence-corrected chi connectivity index (χ4v) is 1.31. The van der Waals surface area contributed by atoms with Crippen LogP contribution in [0.4, 0.5) is 4.39 Å². The van der Waals surface area contributed by atoms with Crippen LogP contribution in [0, 0.1) is 5.82 Å². The van der Waals surface area contributed by atoms with E-state index >= 15 is 0 Å². The third-order valence-electron chi connectivity index (χ3n) is 1.70. The van der Waals surface area contributed by atoms with Crippen molar-refractivity contribution in [1.29, 1.82) is 0 Å². The van der Waals surface area contributed by atoms with Gasteiger partial charge in [-0.15, -0.1) is 0 Å². The summed E-state index contributed by atoms with van der Waals surface area (Å²) in [5.41, 5.74) is 0.545. The molecule has 0 aromatic heterocycles. The average molecular weight is 204 g/mol. The first-order valence-electron chi connectivity index (χ1n) is 3.86. The molecule has 0 fully saturated rings. The van der Waals surface area contributed by atoms with E-state index in [1.54, 1.807) is 19.2 Å². The van der Waals surface area contributed by atoms with E-state index in [0.717, 1.165) is 0 Å². The van der Waals surface area contributed by atoms with Crippen LogP contribution in [0.1, 0.15) is 5.56 Å². The number of benzene rings is 1. The number of ether oxygens (including phenoxy) is 1. The molecule has 1 aromatic carbocycles. The maximum absolute atomic E-state index is 13.5. The first-order valence-corrected chi connectivity index (χ1v) is 4.24. The minimum atomic E-state index is -0.399. The molecule has 0 saturated heterocycles. The molecule has 13 heavy (non-hydrogen) atoms. The van der Waals surface area contributed by atoms with Crippen LogP contribution in [0.3, 0.4) is 0 Å². The van der Waals surface area contributed by atoms with Crippen LogP contribution < -0.4 is 10.1 Å². The fraction of sp³-hybridized carbons (Fsp3) is 0.333. The van der Waals surface area contributed by atoms with Crippen LogP contribution in [0.15, 0.2) is 12.1 Å². The summed E-state index contributed by atoms with van der Waals surface area (Å²) in [5, 5.41) is 3.15. The van der Waals surface area contributed by atoms with E-state index in [2.05, 4.69) is 5.32 Å². The van der Waals surface area contributed by atoms with Gasteiger partial charge < -0.3 is 10.1 Å². The lowest BCUT2D eigenvalue weighted by Crippen LogP contribution is -2.07. The van der Waals surface area contributed by atoms with E-state index < -0.39 is 5.82 Å². The number of rotatable bonds is 3. The number of hydrogen-bond acceptors (Lipinski definition) is 2. The topological polar surface area (TPSA) is 21.3 Å². The van der Waals surface area contributed by atoms with Crippen LogP contribution in [0.2, 0.25) is 5.02 Å². The molecular weight excluding hydrogens is 193 g/mol. The number of hydrogen-bond donors (Lipinski definition) is 1. The molecule has 1 rings (SSSR count).